The predicted molar refractivity (Wildman–Crippen MR) is 55.6 cm³/mol. The number of ether oxygens (including phenoxy) is 1. The maximum absolute atomic E-state index is 9.87. The molecule has 0 saturated heterocycles. The molecule has 14 heavy (non-hydrogen) atoms. The summed E-state index contributed by atoms with van der Waals surface area (Å²) in [5, 5.41) is 9.87. The zero-order chi connectivity index (χ0) is 9.97. The Morgan fingerprint density at radius 2 is 2.29 bits per heavy atom. The van der Waals surface area contributed by atoms with Crippen molar-refractivity contribution in [3.63, 3.8) is 0 Å². The average molecular weight is 192 g/mol. The van der Waals surface area contributed by atoms with Crippen LogP contribution in [-0.2, 0) is 0 Å². The first-order valence-corrected chi connectivity index (χ1v) is 5.22. The summed E-state index contributed by atoms with van der Waals surface area (Å²) >= 11 is 0. The van der Waals surface area contributed by atoms with Crippen molar-refractivity contribution in [2.45, 2.75) is 31.8 Å². The van der Waals surface area contributed by atoms with E-state index in [1.807, 2.05) is 25.1 Å². The van der Waals surface area contributed by atoms with E-state index >= 15 is 0 Å². The lowest BCUT2D eigenvalue weighted by atomic mass is 9.87. The van der Waals surface area contributed by atoms with Gasteiger partial charge in [-0.3, -0.25) is 0 Å². The van der Waals surface area contributed by atoms with E-state index in [1.54, 1.807) is 0 Å². The molecule has 0 bridgehead atoms. The molecule has 76 valence electrons. The van der Waals surface area contributed by atoms with E-state index in [-0.39, 0.29) is 12.0 Å². The molecule has 0 spiro atoms. The molecular formula is C12H16O2. The number of aliphatic hydroxyl groups excluding tert-OH is 1. The highest BCUT2D eigenvalue weighted by Crippen LogP contribution is 2.36. The molecule has 1 unspecified atom stereocenters. The van der Waals surface area contributed by atoms with E-state index in [9.17, 15) is 5.11 Å². The van der Waals surface area contributed by atoms with E-state index in [1.165, 1.54) is 0 Å². The summed E-state index contributed by atoms with van der Waals surface area (Å²) in [6.07, 6.45) is 1.49. The molecule has 2 atom stereocenters. The molecule has 1 N–H and O–H groups in total. The highest BCUT2D eigenvalue weighted by Gasteiger charge is 2.26. The smallest absolute Gasteiger partial charge is 0.122 e. The summed E-state index contributed by atoms with van der Waals surface area (Å²) in [7, 11) is 0. The molecule has 0 aliphatic carbocycles. The average Bonchev–Trinajstić information content (AvgIpc) is 2.27. The summed E-state index contributed by atoms with van der Waals surface area (Å²) in [6, 6.07) is 8.00. The fourth-order valence-electron chi connectivity index (χ4n) is 2.05. The second-order valence-corrected chi connectivity index (χ2v) is 3.76. The fraction of sp³-hybridized carbons (Fsp3) is 0.500. The maximum atomic E-state index is 9.87. The Hall–Kier alpha value is -1.02. The third-order valence-electron chi connectivity index (χ3n) is 2.89. The lowest BCUT2D eigenvalue weighted by Gasteiger charge is -2.28. The van der Waals surface area contributed by atoms with Crippen LogP contribution in [0.15, 0.2) is 24.3 Å². The molecule has 0 amide bonds. The molecule has 0 aromatic heterocycles. The van der Waals surface area contributed by atoms with Crippen LogP contribution in [0.25, 0.3) is 0 Å². The maximum Gasteiger partial charge on any atom is 0.122 e. The molecule has 2 rings (SSSR count). The van der Waals surface area contributed by atoms with Crippen molar-refractivity contribution in [2.75, 3.05) is 6.61 Å². The minimum atomic E-state index is -0.236. The molecular weight excluding hydrogens is 176 g/mol. The monoisotopic (exact) mass is 192 g/mol. The van der Waals surface area contributed by atoms with Crippen molar-refractivity contribution in [1.29, 1.82) is 0 Å². The number of para-hydroxylation sites is 1. The molecule has 1 aliphatic heterocycles. The minimum absolute atomic E-state index is 0.236. The standard InChI is InChI=1S/C12H16O2/c1-2-11(13)9-7-8-14-12-6-4-3-5-10(9)12/h3-6,9,11,13H,2,7-8H2,1H3/t9?,11-/m1/s1. The van der Waals surface area contributed by atoms with Gasteiger partial charge in [-0.25, -0.2) is 0 Å². The number of benzene rings is 1. The number of rotatable bonds is 2. The van der Waals surface area contributed by atoms with Crippen LogP contribution in [0, 0.1) is 0 Å². The van der Waals surface area contributed by atoms with Gasteiger partial charge in [-0.15, -0.1) is 0 Å². The Balaban J connectivity index is 2.30. The van der Waals surface area contributed by atoms with Gasteiger partial charge < -0.3 is 9.84 Å². The zero-order valence-corrected chi connectivity index (χ0v) is 8.44. The van der Waals surface area contributed by atoms with Crippen molar-refractivity contribution in [1.82, 2.24) is 0 Å². The predicted octanol–water partition coefficient (Wildman–Crippen LogP) is 2.32. The van der Waals surface area contributed by atoms with Crippen LogP contribution >= 0.6 is 0 Å². The lowest BCUT2D eigenvalue weighted by Crippen LogP contribution is -2.24. The summed E-state index contributed by atoms with van der Waals surface area (Å²) in [4.78, 5) is 0. The second-order valence-electron chi connectivity index (χ2n) is 3.76. The first-order chi connectivity index (χ1) is 6.83. The Bertz CT molecular complexity index is 309. The third kappa shape index (κ3) is 1.62. The third-order valence-corrected chi connectivity index (χ3v) is 2.89. The van der Waals surface area contributed by atoms with Gasteiger partial charge in [0.15, 0.2) is 0 Å². The van der Waals surface area contributed by atoms with Gasteiger partial charge in [0, 0.05) is 5.92 Å². The van der Waals surface area contributed by atoms with Gasteiger partial charge in [0.25, 0.3) is 0 Å². The first kappa shape index (κ1) is 9.53. The Morgan fingerprint density at radius 3 is 3.07 bits per heavy atom. The number of hydrogen-bond acceptors (Lipinski definition) is 2. The van der Waals surface area contributed by atoms with Crippen LogP contribution in [0.2, 0.25) is 0 Å². The quantitative estimate of drug-likeness (QED) is 0.779. The lowest BCUT2D eigenvalue weighted by molar-refractivity contribution is 0.113. The van der Waals surface area contributed by atoms with Crippen LogP contribution in [0.1, 0.15) is 31.2 Å². The Morgan fingerprint density at radius 1 is 1.50 bits per heavy atom. The molecule has 2 heteroatoms. The summed E-state index contributed by atoms with van der Waals surface area (Å²) < 4.78 is 5.54. The Kier molecular flexibility index (Phi) is 2.73. The van der Waals surface area contributed by atoms with Gasteiger partial charge >= 0.3 is 0 Å². The molecule has 0 saturated carbocycles. The molecule has 0 fully saturated rings. The molecule has 1 aromatic carbocycles. The van der Waals surface area contributed by atoms with Crippen LogP contribution in [0.4, 0.5) is 0 Å². The van der Waals surface area contributed by atoms with Gasteiger partial charge in [0.05, 0.1) is 12.7 Å². The highest BCUT2D eigenvalue weighted by molar-refractivity contribution is 5.38. The highest BCUT2D eigenvalue weighted by atomic mass is 16.5. The van der Waals surface area contributed by atoms with E-state index in [0.29, 0.717) is 0 Å². The number of fused-ring (bicyclic) bond motifs is 1. The second kappa shape index (κ2) is 4.01. The van der Waals surface area contributed by atoms with Gasteiger partial charge in [-0.1, -0.05) is 25.1 Å². The largest absolute Gasteiger partial charge is 0.493 e. The van der Waals surface area contributed by atoms with Gasteiger partial charge in [-0.05, 0) is 24.5 Å². The van der Waals surface area contributed by atoms with Crippen LogP contribution in [-0.4, -0.2) is 17.8 Å². The SMILES string of the molecule is CC[C@@H](O)C1CCOc2ccccc21. The van der Waals surface area contributed by atoms with Gasteiger partial charge in [0.2, 0.25) is 0 Å². The normalized spacial score (nSPS) is 22.3. The molecule has 1 heterocycles. The van der Waals surface area contributed by atoms with E-state index < -0.39 is 0 Å². The van der Waals surface area contributed by atoms with Crippen molar-refractivity contribution in [3.8, 4) is 5.75 Å². The van der Waals surface area contributed by atoms with Crippen molar-refractivity contribution in [3.05, 3.63) is 29.8 Å². The summed E-state index contributed by atoms with van der Waals surface area (Å²) in [6.45, 7) is 2.74. The van der Waals surface area contributed by atoms with Crippen LogP contribution in [0.3, 0.4) is 0 Å². The van der Waals surface area contributed by atoms with Crippen LogP contribution in [0.5, 0.6) is 5.75 Å². The summed E-state index contributed by atoms with van der Waals surface area (Å²) in [5.41, 5.74) is 1.16. The topological polar surface area (TPSA) is 29.5 Å². The molecule has 1 aromatic rings. The van der Waals surface area contributed by atoms with Crippen LogP contribution < -0.4 is 4.74 Å². The van der Waals surface area contributed by atoms with Crippen molar-refractivity contribution in [2.24, 2.45) is 0 Å². The molecule has 0 radical (unpaired) electrons. The van der Waals surface area contributed by atoms with E-state index in [0.717, 1.165) is 30.8 Å². The summed E-state index contributed by atoms with van der Waals surface area (Å²) in [5.74, 6) is 1.20. The number of hydrogen-bond donors (Lipinski definition) is 1. The molecule has 2 nitrogen and oxygen atoms in total. The van der Waals surface area contributed by atoms with Gasteiger partial charge in [0.1, 0.15) is 5.75 Å². The van der Waals surface area contributed by atoms with Crippen molar-refractivity contribution < 1.29 is 9.84 Å². The van der Waals surface area contributed by atoms with E-state index in [2.05, 4.69) is 6.07 Å². The molecule has 1 aliphatic rings. The zero-order valence-electron chi connectivity index (χ0n) is 8.44. The van der Waals surface area contributed by atoms with Gasteiger partial charge in [-0.2, -0.15) is 0 Å². The first-order valence-electron chi connectivity index (χ1n) is 5.22. The Labute approximate surface area is 84.5 Å². The fourth-order valence-corrected chi connectivity index (χ4v) is 2.05. The number of aliphatic hydroxyl groups is 1. The van der Waals surface area contributed by atoms with E-state index in [4.69, 9.17) is 4.74 Å². The minimum Gasteiger partial charge on any atom is -0.493 e. The van der Waals surface area contributed by atoms with Crippen molar-refractivity contribution >= 4 is 0 Å².